The van der Waals surface area contributed by atoms with Crippen LogP contribution in [0.2, 0.25) is 0 Å². The summed E-state index contributed by atoms with van der Waals surface area (Å²) in [6.45, 7) is 0.0324. The molecule has 0 saturated carbocycles. The van der Waals surface area contributed by atoms with E-state index in [0.29, 0.717) is 11.6 Å². The van der Waals surface area contributed by atoms with Gasteiger partial charge >= 0.3 is 0 Å². The molecule has 0 radical (unpaired) electrons. The number of para-hydroxylation sites is 1. The maximum Gasteiger partial charge on any atom is 0.273 e. The highest BCUT2D eigenvalue weighted by atomic mass is 19.2. The van der Waals surface area contributed by atoms with Gasteiger partial charge in [-0.25, -0.2) is 13.2 Å². The van der Waals surface area contributed by atoms with Gasteiger partial charge < -0.3 is 5.32 Å². The minimum atomic E-state index is -1.25. The summed E-state index contributed by atoms with van der Waals surface area (Å²) in [6.07, 6.45) is 0. The molecule has 21 heavy (non-hydrogen) atoms. The third-order valence-electron chi connectivity index (χ3n) is 2.91. The van der Waals surface area contributed by atoms with Gasteiger partial charge in [0.05, 0.1) is 4.92 Å². The molecule has 0 spiro atoms. The second kappa shape index (κ2) is 6.36. The van der Waals surface area contributed by atoms with E-state index < -0.39 is 22.4 Å². The van der Waals surface area contributed by atoms with Gasteiger partial charge in [0.2, 0.25) is 0 Å². The Balaban J connectivity index is 2.06. The Bertz CT molecular complexity index is 677. The Hall–Kier alpha value is -2.41. The van der Waals surface area contributed by atoms with Crippen LogP contribution in [0.1, 0.15) is 11.1 Å². The van der Waals surface area contributed by atoms with E-state index in [0.717, 1.165) is 6.07 Å². The lowest BCUT2D eigenvalue weighted by Crippen LogP contribution is -2.15. The first-order chi connectivity index (χ1) is 9.99. The predicted molar refractivity (Wildman–Crippen MR) is 70.0 cm³/mol. The molecule has 0 aliphatic carbocycles. The first kappa shape index (κ1) is 15.0. The number of hydrogen-bond donors (Lipinski definition) is 1. The molecule has 0 fully saturated rings. The zero-order chi connectivity index (χ0) is 15.4. The normalized spacial score (nSPS) is 10.6. The summed E-state index contributed by atoms with van der Waals surface area (Å²) in [4.78, 5) is 10.3. The highest BCUT2D eigenvalue weighted by Crippen LogP contribution is 2.18. The summed E-state index contributed by atoms with van der Waals surface area (Å²) < 4.78 is 39.2. The van der Waals surface area contributed by atoms with Gasteiger partial charge in [0.15, 0.2) is 11.6 Å². The van der Waals surface area contributed by atoms with Gasteiger partial charge in [-0.1, -0.05) is 18.2 Å². The van der Waals surface area contributed by atoms with Gasteiger partial charge in [0.25, 0.3) is 5.69 Å². The first-order valence-electron chi connectivity index (χ1n) is 6.05. The topological polar surface area (TPSA) is 55.2 Å². The molecule has 0 bridgehead atoms. The van der Waals surface area contributed by atoms with E-state index in [9.17, 15) is 23.3 Å². The molecule has 2 aromatic rings. The van der Waals surface area contributed by atoms with Crippen LogP contribution in [0, 0.1) is 27.6 Å². The van der Waals surface area contributed by atoms with Crippen LogP contribution in [0.4, 0.5) is 18.9 Å². The van der Waals surface area contributed by atoms with Gasteiger partial charge in [0.1, 0.15) is 5.82 Å². The average molecular weight is 296 g/mol. The third kappa shape index (κ3) is 3.57. The Morgan fingerprint density at radius 3 is 2.29 bits per heavy atom. The highest BCUT2D eigenvalue weighted by molar-refractivity contribution is 5.39. The van der Waals surface area contributed by atoms with Crippen LogP contribution in [-0.2, 0) is 13.1 Å². The Morgan fingerprint density at radius 1 is 0.952 bits per heavy atom. The fourth-order valence-electron chi connectivity index (χ4n) is 1.87. The van der Waals surface area contributed by atoms with Crippen molar-refractivity contribution >= 4 is 5.69 Å². The molecular formula is C14H11F3N2O2. The lowest BCUT2D eigenvalue weighted by atomic mass is 10.1. The largest absolute Gasteiger partial charge is 0.308 e. The molecule has 4 nitrogen and oxygen atoms in total. The van der Waals surface area contributed by atoms with Crippen molar-refractivity contribution in [2.24, 2.45) is 0 Å². The molecule has 0 saturated heterocycles. The lowest BCUT2D eigenvalue weighted by molar-refractivity contribution is -0.385. The SMILES string of the molecule is O=[N+]([O-])c1ccccc1CNCc1cc(F)c(F)cc1F. The minimum absolute atomic E-state index is 0.0486. The van der Waals surface area contributed by atoms with E-state index in [1.54, 1.807) is 12.1 Å². The van der Waals surface area contributed by atoms with Crippen molar-refractivity contribution in [2.75, 3.05) is 0 Å². The van der Waals surface area contributed by atoms with Crippen molar-refractivity contribution in [3.05, 3.63) is 75.1 Å². The fraction of sp³-hybridized carbons (Fsp3) is 0.143. The van der Waals surface area contributed by atoms with Crippen molar-refractivity contribution < 1.29 is 18.1 Å². The summed E-state index contributed by atoms with van der Waals surface area (Å²) in [6, 6.07) is 7.33. The second-order valence-electron chi connectivity index (χ2n) is 4.35. The first-order valence-corrected chi connectivity index (χ1v) is 6.05. The Labute approximate surface area is 118 Å². The summed E-state index contributed by atoms with van der Waals surface area (Å²) in [5.41, 5.74) is 0.314. The van der Waals surface area contributed by atoms with Crippen LogP contribution < -0.4 is 5.32 Å². The van der Waals surface area contributed by atoms with Crippen molar-refractivity contribution in [3.8, 4) is 0 Å². The summed E-state index contributed by atoms with van der Waals surface area (Å²) in [5.74, 6) is -3.27. The van der Waals surface area contributed by atoms with Gasteiger partial charge in [-0.15, -0.1) is 0 Å². The number of rotatable bonds is 5. The van der Waals surface area contributed by atoms with Crippen LogP contribution in [0.3, 0.4) is 0 Å². The molecule has 110 valence electrons. The van der Waals surface area contributed by atoms with Gasteiger partial charge in [0, 0.05) is 36.3 Å². The van der Waals surface area contributed by atoms with E-state index in [4.69, 9.17) is 0 Å². The van der Waals surface area contributed by atoms with Crippen molar-refractivity contribution in [1.29, 1.82) is 0 Å². The molecule has 0 aliphatic rings. The number of nitro benzene ring substituents is 1. The number of nitrogens with one attached hydrogen (secondary N) is 1. The number of nitro groups is 1. The van der Waals surface area contributed by atoms with Crippen LogP contribution in [0.25, 0.3) is 0 Å². The van der Waals surface area contributed by atoms with E-state index >= 15 is 0 Å². The molecule has 0 aliphatic heterocycles. The second-order valence-corrected chi connectivity index (χ2v) is 4.35. The monoisotopic (exact) mass is 296 g/mol. The maximum atomic E-state index is 13.4. The molecule has 2 rings (SSSR count). The molecule has 0 heterocycles. The molecular weight excluding hydrogens is 285 g/mol. The molecule has 0 atom stereocenters. The summed E-state index contributed by atoms with van der Waals surface area (Å²) in [5, 5.41) is 13.6. The molecule has 2 aromatic carbocycles. The molecule has 0 unspecified atom stereocenters. The highest BCUT2D eigenvalue weighted by Gasteiger charge is 2.13. The van der Waals surface area contributed by atoms with Crippen molar-refractivity contribution in [1.82, 2.24) is 5.32 Å². The van der Waals surface area contributed by atoms with Crippen LogP contribution in [0.15, 0.2) is 36.4 Å². The standard InChI is InChI=1S/C14H11F3N2O2/c15-11-6-13(17)12(16)5-10(11)8-18-7-9-3-1-2-4-14(9)19(20)21/h1-6,18H,7-8H2. The quantitative estimate of drug-likeness (QED) is 0.523. The molecule has 1 N–H and O–H groups in total. The van der Waals surface area contributed by atoms with Gasteiger partial charge in [-0.05, 0) is 6.07 Å². The summed E-state index contributed by atoms with van der Waals surface area (Å²) in [7, 11) is 0. The number of benzene rings is 2. The van der Waals surface area contributed by atoms with Crippen molar-refractivity contribution in [3.63, 3.8) is 0 Å². The van der Waals surface area contributed by atoms with E-state index in [1.165, 1.54) is 12.1 Å². The van der Waals surface area contributed by atoms with E-state index in [1.807, 2.05) is 0 Å². The summed E-state index contributed by atoms with van der Waals surface area (Å²) >= 11 is 0. The smallest absolute Gasteiger partial charge is 0.273 e. The number of nitrogens with zero attached hydrogens (tertiary/aromatic N) is 1. The van der Waals surface area contributed by atoms with E-state index in [2.05, 4.69) is 5.32 Å². The molecule has 0 aromatic heterocycles. The zero-order valence-electron chi connectivity index (χ0n) is 10.8. The van der Waals surface area contributed by atoms with Crippen molar-refractivity contribution in [2.45, 2.75) is 13.1 Å². The minimum Gasteiger partial charge on any atom is -0.308 e. The van der Waals surface area contributed by atoms with Gasteiger partial charge in [-0.3, -0.25) is 10.1 Å². The van der Waals surface area contributed by atoms with Crippen LogP contribution in [-0.4, -0.2) is 4.92 Å². The average Bonchev–Trinajstić information content (AvgIpc) is 2.44. The number of halogens is 3. The molecule has 7 heteroatoms. The van der Waals surface area contributed by atoms with E-state index in [-0.39, 0.29) is 24.3 Å². The predicted octanol–water partition coefficient (Wildman–Crippen LogP) is 3.30. The Kier molecular flexibility index (Phi) is 4.54. The van der Waals surface area contributed by atoms with Crippen LogP contribution >= 0.6 is 0 Å². The third-order valence-corrected chi connectivity index (χ3v) is 2.91. The lowest BCUT2D eigenvalue weighted by Gasteiger charge is -2.07. The Morgan fingerprint density at radius 2 is 1.57 bits per heavy atom. The maximum absolute atomic E-state index is 13.4. The molecule has 0 amide bonds. The fourth-order valence-corrected chi connectivity index (χ4v) is 1.87. The van der Waals surface area contributed by atoms with Gasteiger partial charge in [-0.2, -0.15) is 0 Å². The van der Waals surface area contributed by atoms with Crippen LogP contribution in [0.5, 0.6) is 0 Å². The number of hydrogen-bond acceptors (Lipinski definition) is 3. The zero-order valence-corrected chi connectivity index (χ0v) is 10.8.